The van der Waals surface area contributed by atoms with Crippen molar-refractivity contribution in [3.05, 3.63) is 0 Å². The molecule has 0 saturated carbocycles. The van der Waals surface area contributed by atoms with E-state index in [-0.39, 0.29) is 25.2 Å². The first-order valence-corrected chi connectivity index (χ1v) is 6.80. The van der Waals surface area contributed by atoms with E-state index in [2.05, 4.69) is 0 Å². The minimum Gasteiger partial charge on any atom is -0.481 e. The number of carboxylic acids is 1. The van der Waals surface area contributed by atoms with E-state index in [0.717, 1.165) is 0 Å². The van der Waals surface area contributed by atoms with Crippen molar-refractivity contribution in [3.63, 3.8) is 0 Å². The summed E-state index contributed by atoms with van der Waals surface area (Å²) in [5.74, 6) is -1.45. The third-order valence-electron chi connectivity index (χ3n) is 3.95. The molecule has 1 aliphatic heterocycles. The Morgan fingerprint density at radius 1 is 1.40 bits per heavy atom. The zero-order valence-corrected chi connectivity index (χ0v) is 12.3. The van der Waals surface area contributed by atoms with Gasteiger partial charge in [-0.15, -0.1) is 0 Å². The predicted octanol–water partition coefficient (Wildman–Crippen LogP) is 0.489. The van der Waals surface area contributed by atoms with Gasteiger partial charge in [0, 0.05) is 19.1 Å². The number of carbonyl (C=O) groups is 3. The normalized spacial score (nSPS) is 22.1. The second kappa shape index (κ2) is 6.11. The summed E-state index contributed by atoms with van der Waals surface area (Å²) in [5.41, 5.74) is 4.28. The fraction of sp³-hybridized carbons (Fsp3) is 0.769. The van der Waals surface area contributed by atoms with Crippen molar-refractivity contribution in [2.75, 3.05) is 19.6 Å². The van der Waals surface area contributed by atoms with Crippen LogP contribution in [0.25, 0.3) is 0 Å². The highest BCUT2D eigenvalue weighted by Gasteiger charge is 2.45. The standard InChI is InChI=1S/C13H23N3O4/c1-4-13(11(18)19)5-6-15(8-13)12(20)16(9(2)3)7-10(14)17/h9H,4-8H2,1-3H3,(H2,14,17)(H,18,19). The van der Waals surface area contributed by atoms with Crippen LogP contribution in [0.5, 0.6) is 0 Å². The Balaban J connectivity index is 2.83. The van der Waals surface area contributed by atoms with Crippen LogP contribution in [0.3, 0.4) is 0 Å². The molecule has 1 aliphatic rings. The summed E-state index contributed by atoms with van der Waals surface area (Å²) < 4.78 is 0. The fourth-order valence-electron chi connectivity index (χ4n) is 2.47. The van der Waals surface area contributed by atoms with E-state index in [1.54, 1.807) is 13.8 Å². The highest BCUT2D eigenvalue weighted by Crippen LogP contribution is 2.34. The van der Waals surface area contributed by atoms with Gasteiger partial charge in [0.05, 0.1) is 5.41 Å². The highest BCUT2D eigenvalue weighted by atomic mass is 16.4. The first kappa shape index (κ1) is 16.3. The number of carboxylic acid groups (broad SMARTS) is 1. The van der Waals surface area contributed by atoms with E-state index < -0.39 is 17.3 Å². The van der Waals surface area contributed by atoms with Crippen molar-refractivity contribution >= 4 is 17.9 Å². The van der Waals surface area contributed by atoms with Crippen LogP contribution in [0.1, 0.15) is 33.6 Å². The second-order valence-corrected chi connectivity index (χ2v) is 5.58. The lowest BCUT2D eigenvalue weighted by Gasteiger charge is -2.31. The molecule has 0 bridgehead atoms. The van der Waals surface area contributed by atoms with Crippen LogP contribution >= 0.6 is 0 Å². The number of primary amides is 1. The number of likely N-dealkylation sites (tertiary alicyclic amines) is 1. The molecule has 1 unspecified atom stereocenters. The minimum atomic E-state index is -0.874. The summed E-state index contributed by atoms with van der Waals surface area (Å²) >= 11 is 0. The van der Waals surface area contributed by atoms with Crippen LogP contribution in [-0.2, 0) is 9.59 Å². The van der Waals surface area contributed by atoms with E-state index in [4.69, 9.17) is 5.73 Å². The number of carbonyl (C=O) groups excluding carboxylic acids is 2. The van der Waals surface area contributed by atoms with Gasteiger partial charge in [-0.05, 0) is 26.7 Å². The Morgan fingerprint density at radius 2 is 2.00 bits per heavy atom. The Kier molecular flexibility index (Phi) is 4.97. The number of hydrogen-bond donors (Lipinski definition) is 2. The molecule has 0 aliphatic carbocycles. The first-order chi connectivity index (χ1) is 9.23. The Bertz CT molecular complexity index is 410. The number of rotatable bonds is 5. The van der Waals surface area contributed by atoms with Crippen LogP contribution in [-0.4, -0.2) is 58.5 Å². The molecule has 114 valence electrons. The van der Waals surface area contributed by atoms with Crippen molar-refractivity contribution in [2.45, 2.75) is 39.7 Å². The largest absolute Gasteiger partial charge is 0.481 e. The first-order valence-electron chi connectivity index (χ1n) is 6.80. The van der Waals surface area contributed by atoms with Gasteiger partial charge < -0.3 is 20.6 Å². The molecular weight excluding hydrogens is 262 g/mol. The van der Waals surface area contributed by atoms with Crippen LogP contribution < -0.4 is 5.73 Å². The summed E-state index contributed by atoms with van der Waals surface area (Å²) in [7, 11) is 0. The van der Waals surface area contributed by atoms with Crippen LogP contribution in [0, 0.1) is 5.41 Å². The minimum absolute atomic E-state index is 0.154. The third kappa shape index (κ3) is 3.20. The Hall–Kier alpha value is -1.79. The van der Waals surface area contributed by atoms with Gasteiger partial charge in [0.1, 0.15) is 6.54 Å². The highest BCUT2D eigenvalue weighted by molar-refractivity contribution is 5.84. The van der Waals surface area contributed by atoms with E-state index >= 15 is 0 Å². The molecule has 0 aromatic heterocycles. The molecule has 0 aromatic rings. The maximum absolute atomic E-state index is 12.4. The van der Waals surface area contributed by atoms with Crippen molar-refractivity contribution in [2.24, 2.45) is 11.1 Å². The van der Waals surface area contributed by atoms with E-state index in [1.807, 2.05) is 6.92 Å². The van der Waals surface area contributed by atoms with Crippen molar-refractivity contribution in [1.82, 2.24) is 9.80 Å². The Labute approximate surface area is 118 Å². The molecule has 7 heteroatoms. The van der Waals surface area contributed by atoms with Gasteiger partial charge >= 0.3 is 12.0 Å². The van der Waals surface area contributed by atoms with Crippen molar-refractivity contribution < 1.29 is 19.5 Å². The van der Waals surface area contributed by atoms with Gasteiger partial charge in [-0.1, -0.05) is 6.92 Å². The summed E-state index contributed by atoms with van der Waals surface area (Å²) in [5, 5.41) is 9.33. The molecule has 20 heavy (non-hydrogen) atoms. The Morgan fingerprint density at radius 3 is 2.35 bits per heavy atom. The molecule has 1 heterocycles. The summed E-state index contributed by atoms with van der Waals surface area (Å²) in [6.45, 7) is 5.81. The zero-order valence-electron chi connectivity index (χ0n) is 12.3. The van der Waals surface area contributed by atoms with Crippen LogP contribution in [0.4, 0.5) is 4.79 Å². The molecule has 0 aromatic carbocycles. The topological polar surface area (TPSA) is 104 Å². The molecule has 7 nitrogen and oxygen atoms in total. The molecule has 1 fully saturated rings. The second-order valence-electron chi connectivity index (χ2n) is 5.58. The number of nitrogens with two attached hydrogens (primary N) is 1. The van der Waals surface area contributed by atoms with Gasteiger partial charge in [0.15, 0.2) is 0 Å². The zero-order chi connectivity index (χ0) is 15.5. The molecule has 1 saturated heterocycles. The summed E-state index contributed by atoms with van der Waals surface area (Å²) in [4.78, 5) is 37.7. The maximum atomic E-state index is 12.4. The molecule has 3 amide bonds. The predicted molar refractivity (Wildman–Crippen MR) is 73.0 cm³/mol. The number of aliphatic carboxylic acids is 1. The molecule has 0 radical (unpaired) electrons. The molecule has 0 spiro atoms. The van der Waals surface area contributed by atoms with E-state index in [1.165, 1.54) is 9.80 Å². The quantitative estimate of drug-likeness (QED) is 0.767. The van der Waals surface area contributed by atoms with Crippen LogP contribution in [0.2, 0.25) is 0 Å². The van der Waals surface area contributed by atoms with Gasteiger partial charge in [-0.3, -0.25) is 9.59 Å². The van der Waals surface area contributed by atoms with Gasteiger partial charge in [-0.25, -0.2) is 4.79 Å². The van der Waals surface area contributed by atoms with Gasteiger partial charge in [-0.2, -0.15) is 0 Å². The average Bonchev–Trinajstić information content (AvgIpc) is 2.80. The molecular formula is C13H23N3O4. The van der Waals surface area contributed by atoms with Crippen molar-refractivity contribution in [3.8, 4) is 0 Å². The number of amides is 3. The van der Waals surface area contributed by atoms with E-state index in [0.29, 0.717) is 19.4 Å². The monoisotopic (exact) mass is 285 g/mol. The molecule has 1 rings (SSSR count). The maximum Gasteiger partial charge on any atom is 0.320 e. The van der Waals surface area contributed by atoms with Crippen LogP contribution in [0.15, 0.2) is 0 Å². The van der Waals surface area contributed by atoms with Gasteiger partial charge in [0.25, 0.3) is 0 Å². The number of nitrogens with zero attached hydrogens (tertiary/aromatic N) is 2. The molecule has 1 atom stereocenters. The fourth-order valence-corrected chi connectivity index (χ4v) is 2.47. The van der Waals surface area contributed by atoms with Gasteiger partial charge in [0.2, 0.25) is 5.91 Å². The smallest absolute Gasteiger partial charge is 0.320 e. The number of hydrogen-bond acceptors (Lipinski definition) is 3. The number of urea groups is 1. The summed E-state index contributed by atoms with van der Waals surface area (Å²) in [6.07, 6.45) is 0.913. The summed E-state index contributed by atoms with van der Waals surface area (Å²) in [6, 6.07) is -0.494. The third-order valence-corrected chi connectivity index (χ3v) is 3.95. The lowest BCUT2D eigenvalue weighted by Crippen LogP contribution is -2.49. The molecule has 3 N–H and O–H groups in total. The van der Waals surface area contributed by atoms with E-state index in [9.17, 15) is 19.5 Å². The lowest BCUT2D eigenvalue weighted by molar-refractivity contribution is -0.148. The average molecular weight is 285 g/mol. The lowest BCUT2D eigenvalue weighted by atomic mass is 9.84. The SMILES string of the molecule is CCC1(C(=O)O)CCN(C(=O)N(CC(N)=O)C(C)C)C1. The van der Waals surface area contributed by atoms with Crippen molar-refractivity contribution in [1.29, 1.82) is 0 Å².